The number of carbonyl (C=O) groups excluding carboxylic acids is 1. The lowest BCUT2D eigenvalue weighted by molar-refractivity contribution is 0.00752. The smallest absolute Gasteiger partial charge is 0.248 e. The van der Waals surface area contributed by atoms with Crippen molar-refractivity contribution in [3.8, 4) is 0 Å². The SMILES string of the molecule is CCNC(=NCc1ccc(C(N)=O)cc1)NCC(C(C)C)N1CCOCC1.I. The summed E-state index contributed by atoms with van der Waals surface area (Å²) in [6, 6.07) is 7.68. The molecule has 28 heavy (non-hydrogen) atoms. The van der Waals surface area contributed by atoms with Gasteiger partial charge in [-0.2, -0.15) is 0 Å². The minimum absolute atomic E-state index is 0. The summed E-state index contributed by atoms with van der Waals surface area (Å²) in [5.41, 5.74) is 6.83. The summed E-state index contributed by atoms with van der Waals surface area (Å²) in [6.07, 6.45) is 0. The summed E-state index contributed by atoms with van der Waals surface area (Å²) in [5, 5.41) is 6.78. The van der Waals surface area contributed by atoms with Crippen LogP contribution in [0.15, 0.2) is 29.3 Å². The van der Waals surface area contributed by atoms with Crippen molar-refractivity contribution in [2.24, 2.45) is 16.6 Å². The maximum Gasteiger partial charge on any atom is 0.248 e. The van der Waals surface area contributed by atoms with Gasteiger partial charge in [0, 0.05) is 37.8 Å². The molecule has 158 valence electrons. The largest absolute Gasteiger partial charge is 0.379 e. The highest BCUT2D eigenvalue weighted by Crippen LogP contribution is 2.12. The van der Waals surface area contributed by atoms with Crippen molar-refractivity contribution in [3.63, 3.8) is 0 Å². The Balaban J connectivity index is 0.00000392. The molecule has 2 rings (SSSR count). The minimum Gasteiger partial charge on any atom is -0.379 e. The molecule has 1 atom stereocenters. The summed E-state index contributed by atoms with van der Waals surface area (Å²) in [4.78, 5) is 18.3. The Morgan fingerprint density at radius 1 is 1.21 bits per heavy atom. The Bertz CT molecular complexity index is 616. The first-order valence-corrected chi connectivity index (χ1v) is 9.74. The van der Waals surface area contributed by atoms with Crippen molar-refractivity contribution in [1.29, 1.82) is 0 Å². The molecule has 1 aromatic carbocycles. The number of ether oxygens (including phenoxy) is 1. The van der Waals surface area contributed by atoms with Gasteiger partial charge in [0.15, 0.2) is 5.96 Å². The number of nitrogens with one attached hydrogen (secondary N) is 2. The number of primary amides is 1. The van der Waals surface area contributed by atoms with E-state index in [9.17, 15) is 4.79 Å². The quantitative estimate of drug-likeness (QED) is 0.286. The van der Waals surface area contributed by atoms with Crippen LogP contribution in [0.25, 0.3) is 0 Å². The third-order valence-electron chi connectivity index (χ3n) is 4.77. The highest BCUT2D eigenvalue weighted by Gasteiger charge is 2.23. The molecule has 1 saturated heterocycles. The lowest BCUT2D eigenvalue weighted by atomic mass is 10.0. The maximum atomic E-state index is 11.2. The summed E-state index contributed by atoms with van der Waals surface area (Å²) < 4.78 is 5.48. The van der Waals surface area contributed by atoms with E-state index in [4.69, 9.17) is 10.5 Å². The molecular formula is C20H34IN5O2. The minimum atomic E-state index is -0.414. The average Bonchev–Trinajstić information content (AvgIpc) is 2.67. The van der Waals surface area contributed by atoms with Gasteiger partial charge in [0.25, 0.3) is 0 Å². The highest BCUT2D eigenvalue weighted by molar-refractivity contribution is 14.0. The Morgan fingerprint density at radius 3 is 2.39 bits per heavy atom. The van der Waals surface area contributed by atoms with Crippen LogP contribution in [0.3, 0.4) is 0 Å². The van der Waals surface area contributed by atoms with Gasteiger partial charge >= 0.3 is 0 Å². The van der Waals surface area contributed by atoms with Crippen LogP contribution in [-0.4, -0.2) is 62.2 Å². The van der Waals surface area contributed by atoms with E-state index in [0.717, 1.165) is 50.9 Å². The molecule has 0 spiro atoms. The zero-order valence-corrected chi connectivity index (χ0v) is 19.4. The van der Waals surface area contributed by atoms with Crippen molar-refractivity contribution >= 4 is 35.8 Å². The van der Waals surface area contributed by atoms with Crippen molar-refractivity contribution in [2.75, 3.05) is 39.4 Å². The number of rotatable bonds is 8. The Hall–Kier alpha value is -1.39. The molecule has 0 saturated carbocycles. The van der Waals surface area contributed by atoms with Crippen LogP contribution >= 0.6 is 24.0 Å². The Kier molecular flexibility index (Phi) is 11.4. The van der Waals surface area contributed by atoms with E-state index >= 15 is 0 Å². The molecule has 0 aliphatic carbocycles. The number of aliphatic imine (C=N–C) groups is 1. The topological polar surface area (TPSA) is 92.0 Å². The summed E-state index contributed by atoms with van der Waals surface area (Å²) in [7, 11) is 0. The van der Waals surface area contributed by atoms with Gasteiger partial charge in [-0.05, 0) is 30.5 Å². The monoisotopic (exact) mass is 503 g/mol. The number of benzene rings is 1. The fourth-order valence-electron chi connectivity index (χ4n) is 3.18. The van der Waals surface area contributed by atoms with Gasteiger partial charge < -0.3 is 21.1 Å². The number of guanidine groups is 1. The van der Waals surface area contributed by atoms with Crippen LogP contribution in [-0.2, 0) is 11.3 Å². The highest BCUT2D eigenvalue weighted by atomic mass is 127. The zero-order chi connectivity index (χ0) is 19.6. The van der Waals surface area contributed by atoms with Gasteiger partial charge in [0.05, 0.1) is 19.8 Å². The van der Waals surface area contributed by atoms with Gasteiger partial charge in [-0.1, -0.05) is 26.0 Å². The van der Waals surface area contributed by atoms with Gasteiger partial charge in [-0.3, -0.25) is 9.69 Å². The fourth-order valence-corrected chi connectivity index (χ4v) is 3.18. The molecule has 1 aliphatic rings. The molecule has 4 N–H and O–H groups in total. The lowest BCUT2D eigenvalue weighted by Crippen LogP contribution is -2.52. The van der Waals surface area contributed by atoms with Crippen molar-refractivity contribution in [1.82, 2.24) is 15.5 Å². The van der Waals surface area contributed by atoms with Gasteiger partial charge in [0.1, 0.15) is 0 Å². The fraction of sp³-hybridized carbons (Fsp3) is 0.600. The van der Waals surface area contributed by atoms with Crippen LogP contribution < -0.4 is 16.4 Å². The molecule has 0 aromatic heterocycles. The number of morpholine rings is 1. The summed E-state index contributed by atoms with van der Waals surface area (Å²) in [5.74, 6) is 0.929. The number of amides is 1. The van der Waals surface area contributed by atoms with Crippen LogP contribution in [0.1, 0.15) is 36.7 Å². The third kappa shape index (κ3) is 7.92. The second-order valence-corrected chi connectivity index (χ2v) is 7.10. The standard InChI is InChI=1S/C20H33N5O2.HI/c1-4-22-20(23-13-16-5-7-17(8-6-16)19(21)26)24-14-18(15(2)3)25-9-11-27-12-10-25;/h5-8,15,18H,4,9-14H2,1-3H3,(H2,21,26)(H2,22,23,24);1H. The van der Waals surface area contributed by atoms with E-state index in [2.05, 4.69) is 41.3 Å². The molecule has 1 fully saturated rings. The van der Waals surface area contributed by atoms with E-state index in [1.807, 2.05) is 12.1 Å². The van der Waals surface area contributed by atoms with Crippen LogP contribution in [0.4, 0.5) is 0 Å². The predicted octanol–water partition coefficient (Wildman–Crippen LogP) is 1.82. The van der Waals surface area contributed by atoms with E-state index in [0.29, 0.717) is 24.1 Å². The summed E-state index contributed by atoms with van der Waals surface area (Å²) >= 11 is 0. The summed E-state index contributed by atoms with van der Waals surface area (Å²) in [6.45, 7) is 12.3. The predicted molar refractivity (Wildman–Crippen MR) is 124 cm³/mol. The van der Waals surface area contributed by atoms with E-state index < -0.39 is 5.91 Å². The third-order valence-corrected chi connectivity index (χ3v) is 4.77. The maximum absolute atomic E-state index is 11.2. The van der Waals surface area contributed by atoms with Crippen LogP contribution in [0, 0.1) is 5.92 Å². The molecule has 1 unspecified atom stereocenters. The molecule has 0 radical (unpaired) electrons. The normalized spacial score (nSPS) is 16.4. The molecule has 8 heteroatoms. The van der Waals surface area contributed by atoms with Gasteiger partial charge in [-0.15, -0.1) is 24.0 Å². The average molecular weight is 503 g/mol. The zero-order valence-electron chi connectivity index (χ0n) is 17.1. The number of nitrogens with two attached hydrogens (primary N) is 1. The number of hydrogen-bond acceptors (Lipinski definition) is 4. The van der Waals surface area contributed by atoms with Crippen molar-refractivity contribution in [3.05, 3.63) is 35.4 Å². The lowest BCUT2D eigenvalue weighted by Gasteiger charge is -2.37. The first kappa shape index (κ1) is 24.6. The number of carbonyl (C=O) groups is 1. The second-order valence-electron chi connectivity index (χ2n) is 7.10. The van der Waals surface area contributed by atoms with Crippen molar-refractivity contribution in [2.45, 2.75) is 33.4 Å². The molecule has 1 amide bonds. The number of nitrogens with zero attached hydrogens (tertiary/aromatic N) is 2. The van der Waals surface area contributed by atoms with Gasteiger partial charge in [-0.25, -0.2) is 4.99 Å². The van der Waals surface area contributed by atoms with E-state index in [1.165, 1.54) is 0 Å². The Labute approximate surface area is 185 Å². The van der Waals surface area contributed by atoms with E-state index in [-0.39, 0.29) is 24.0 Å². The van der Waals surface area contributed by atoms with Crippen molar-refractivity contribution < 1.29 is 9.53 Å². The van der Waals surface area contributed by atoms with Crippen LogP contribution in [0.2, 0.25) is 0 Å². The molecule has 0 bridgehead atoms. The molecule has 7 nitrogen and oxygen atoms in total. The molecule has 1 heterocycles. The first-order chi connectivity index (χ1) is 13.0. The second kappa shape index (κ2) is 12.9. The van der Waals surface area contributed by atoms with Gasteiger partial charge in [0.2, 0.25) is 5.91 Å². The molecular weight excluding hydrogens is 469 g/mol. The Morgan fingerprint density at radius 2 is 1.86 bits per heavy atom. The number of hydrogen-bond donors (Lipinski definition) is 3. The van der Waals surface area contributed by atoms with Crippen LogP contribution in [0.5, 0.6) is 0 Å². The number of halogens is 1. The van der Waals surface area contributed by atoms with E-state index in [1.54, 1.807) is 12.1 Å². The molecule has 1 aromatic rings. The molecule has 1 aliphatic heterocycles. The first-order valence-electron chi connectivity index (χ1n) is 9.74.